The van der Waals surface area contributed by atoms with E-state index in [0.29, 0.717) is 6.42 Å². The maximum absolute atomic E-state index is 11.8. The molecule has 0 aliphatic heterocycles. The van der Waals surface area contributed by atoms with Crippen molar-refractivity contribution < 1.29 is 13.2 Å². The number of hydrogen-bond donors (Lipinski definition) is 0. The van der Waals surface area contributed by atoms with Crippen LogP contribution >= 0.6 is 11.8 Å². The highest BCUT2D eigenvalue weighted by Gasteiger charge is 2.32. The standard InChI is InChI=1S/C7H9F3S/c8-7(9,10)11-6-4-2-1-3-5-6/h2,4,6H,1,3,5H2/t6-/m0/s1. The number of allylic oxidation sites excluding steroid dienone is 1. The lowest BCUT2D eigenvalue weighted by molar-refractivity contribution is -0.0332. The summed E-state index contributed by atoms with van der Waals surface area (Å²) in [6.07, 6.45) is 5.94. The molecule has 1 rings (SSSR count). The number of alkyl halides is 3. The molecule has 1 atom stereocenters. The Balaban J connectivity index is 2.36. The van der Waals surface area contributed by atoms with Gasteiger partial charge in [-0.2, -0.15) is 13.2 Å². The Morgan fingerprint density at radius 2 is 2.09 bits per heavy atom. The van der Waals surface area contributed by atoms with Gasteiger partial charge < -0.3 is 0 Å². The summed E-state index contributed by atoms with van der Waals surface area (Å²) in [4.78, 5) is 0. The van der Waals surface area contributed by atoms with Crippen LogP contribution in [-0.2, 0) is 0 Å². The molecule has 0 heterocycles. The summed E-state index contributed by atoms with van der Waals surface area (Å²) in [5.74, 6) is 0. The first-order chi connectivity index (χ1) is 5.08. The third-order valence-electron chi connectivity index (χ3n) is 1.50. The van der Waals surface area contributed by atoms with Crippen LogP contribution in [0.5, 0.6) is 0 Å². The van der Waals surface area contributed by atoms with E-state index < -0.39 is 5.51 Å². The number of thioether (sulfide) groups is 1. The van der Waals surface area contributed by atoms with Gasteiger partial charge >= 0.3 is 5.51 Å². The topological polar surface area (TPSA) is 0 Å². The molecule has 0 nitrogen and oxygen atoms in total. The van der Waals surface area contributed by atoms with Gasteiger partial charge in [0, 0.05) is 5.25 Å². The molecule has 0 N–H and O–H groups in total. The van der Waals surface area contributed by atoms with Gasteiger partial charge in [-0.05, 0) is 31.0 Å². The van der Waals surface area contributed by atoms with E-state index in [1.807, 2.05) is 6.08 Å². The summed E-state index contributed by atoms with van der Waals surface area (Å²) in [5.41, 5.74) is -4.08. The molecule has 1 aliphatic carbocycles. The molecule has 0 radical (unpaired) electrons. The van der Waals surface area contributed by atoms with Gasteiger partial charge in [0.25, 0.3) is 0 Å². The molecule has 11 heavy (non-hydrogen) atoms. The summed E-state index contributed by atoms with van der Waals surface area (Å²) >= 11 is 0.0909. The zero-order valence-electron chi connectivity index (χ0n) is 5.90. The lowest BCUT2D eigenvalue weighted by Gasteiger charge is -2.16. The van der Waals surface area contributed by atoms with Crippen molar-refractivity contribution in [2.45, 2.75) is 30.0 Å². The van der Waals surface area contributed by atoms with Crippen LogP contribution in [0.1, 0.15) is 19.3 Å². The molecule has 0 bridgehead atoms. The van der Waals surface area contributed by atoms with E-state index in [0.717, 1.165) is 12.8 Å². The van der Waals surface area contributed by atoms with Gasteiger partial charge in [-0.1, -0.05) is 12.2 Å². The number of halogens is 3. The Labute approximate surface area is 67.9 Å². The maximum Gasteiger partial charge on any atom is 0.442 e. The van der Waals surface area contributed by atoms with Gasteiger partial charge in [-0.25, -0.2) is 0 Å². The second-order valence-corrected chi connectivity index (χ2v) is 3.77. The fourth-order valence-electron chi connectivity index (χ4n) is 1.05. The van der Waals surface area contributed by atoms with Crippen LogP contribution in [0.25, 0.3) is 0 Å². The largest absolute Gasteiger partial charge is 0.442 e. The number of hydrogen-bond acceptors (Lipinski definition) is 1. The fraction of sp³-hybridized carbons (Fsp3) is 0.714. The minimum atomic E-state index is -4.08. The minimum absolute atomic E-state index is 0.0909. The van der Waals surface area contributed by atoms with E-state index in [4.69, 9.17) is 0 Å². The third-order valence-corrected chi connectivity index (χ3v) is 2.46. The van der Waals surface area contributed by atoms with Crippen molar-refractivity contribution in [1.29, 1.82) is 0 Å². The molecule has 64 valence electrons. The normalized spacial score (nSPS) is 25.5. The highest BCUT2D eigenvalue weighted by atomic mass is 32.2. The van der Waals surface area contributed by atoms with Crippen LogP contribution in [0.15, 0.2) is 12.2 Å². The molecule has 0 amide bonds. The van der Waals surface area contributed by atoms with Gasteiger partial charge in [-0.3, -0.25) is 0 Å². The van der Waals surface area contributed by atoms with E-state index in [2.05, 4.69) is 0 Å². The van der Waals surface area contributed by atoms with Crippen molar-refractivity contribution in [3.05, 3.63) is 12.2 Å². The molecule has 0 aromatic rings. The Morgan fingerprint density at radius 3 is 2.55 bits per heavy atom. The number of rotatable bonds is 1. The van der Waals surface area contributed by atoms with E-state index in [-0.39, 0.29) is 17.0 Å². The zero-order chi connectivity index (χ0) is 8.32. The Bertz CT molecular complexity index is 150. The monoisotopic (exact) mass is 182 g/mol. The van der Waals surface area contributed by atoms with Crippen molar-refractivity contribution in [3.8, 4) is 0 Å². The lowest BCUT2D eigenvalue weighted by Crippen LogP contribution is -2.11. The zero-order valence-corrected chi connectivity index (χ0v) is 6.71. The Hall–Kier alpha value is -0.120. The molecule has 0 unspecified atom stereocenters. The summed E-state index contributed by atoms with van der Waals surface area (Å²) in [7, 11) is 0. The molecule has 1 aliphatic rings. The predicted octanol–water partition coefficient (Wildman–Crippen LogP) is 3.35. The van der Waals surface area contributed by atoms with Gasteiger partial charge in [-0.15, -0.1) is 0 Å². The molecule has 0 saturated carbocycles. The second kappa shape index (κ2) is 3.52. The highest BCUT2D eigenvalue weighted by molar-refractivity contribution is 8.00. The smallest absolute Gasteiger partial charge is 0.160 e. The van der Waals surface area contributed by atoms with Gasteiger partial charge in [0.15, 0.2) is 0 Å². The Kier molecular flexibility index (Phi) is 2.87. The van der Waals surface area contributed by atoms with Crippen LogP contribution in [-0.4, -0.2) is 10.8 Å². The fourth-order valence-corrected chi connectivity index (χ4v) is 1.87. The molecular weight excluding hydrogens is 173 g/mol. The summed E-state index contributed by atoms with van der Waals surface area (Å²) in [6.45, 7) is 0. The van der Waals surface area contributed by atoms with Crippen LogP contribution in [0.3, 0.4) is 0 Å². The molecule has 0 saturated heterocycles. The minimum Gasteiger partial charge on any atom is -0.160 e. The average Bonchev–Trinajstić information content (AvgIpc) is 1.85. The van der Waals surface area contributed by atoms with Crippen molar-refractivity contribution >= 4 is 11.8 Å². The van der Waals surface area contributed by atoms with Crippen molar-refractivity contribution in [2.75, 3.05) is 0 Å². The Morgan fingerprint density at radius 1 is 1.36 bits per heavy atom. The SMILES string of the molecule is FC(F)(F)S[C@H]1C=CCCC1. The van der Waals surface area contributed by atoms with E-state index in [1.54, 1.807) is 6.08 Å². The van der Waals surface area contributed by atoms with Crippen LogP contribution in [0, 0.1) is 0 Å². The summed E-state index contributed by atoms with van der Waals surface area (Å²) in [5, 5.41) is -0.344. The molecule has 0 fully saturated rings. The van der Waals surface area contributed by atoms with Crippen LogP contribution < -0.4 is 0 Å². The predicted molar refractivity (Wildman–Crippen MR) is 40.4 cm³/mol. The molecule has 0 aromatic heterocycles. The lowest BCUT2D eigenvalue weighted by atomic mass is 10.1. The van der Waals surface area contributed by atoms with Crippen LogP contribution in [0.4, 0.5) is 13.2 Å². The summed E-state index contributed by atoms with van der Waals surface area (Å²) < 4.78 is 35.3. The van der Waals surface area contributed by atoms with Crippen molar-refractivity contribution in [3.63, 3.8) is 0 Å². The molecule has 4 heteroatoms. The van der Waals surface area contributed by atoms with E-state index >= 15 is 0 Å². The van der Waals surface area contributed by atoms with Gasteiger partial charge in [0.05, 0.1) is 0 Å². The highest BCUT2D eigenvalue weighted by Crippen LogP contribution is 2.37. The van der Waals surface area contributed by atoms with Crippen molar-refractivity contribution in [2.24, 2.45) is 0 Å². The molecule has 0 spiro atoms. The van der Waals surface area contributed by atoms with Gasteiger partial charge in [0.2, 0.25) is 0 Å². The van der Waals surface area contributed by atoms with E-state index in [9.17, 15) is 13.2 Å². The molecular formula is C7H9F3S. The average molecular weight is 182 g/mol. The summed E-state index contributed by atoms with van der Waals surface area (Å²) in [6, 6.07) is 0. The third kappa shape index (κ3) is 3.70. The van der Waals surface area contributed by atoms with E-state index in [1.165, 1.54) is 0 Å². The van der Waals surface area contributed by atoms with Crippen LogP contribution in [0.2, 0.25) is 0 Å². The first-order valence-electron chi connectivity index (χ1n) is 3.49. The first-order valence-corrected chi connectivity index (χ1v) is 4.37. The van der Waals surface area contributed by atoms with Crippen molar-refractivity contribution in [1.82, 2.24) is 0 Å². The second-order valence-electron chi connectivity index (χ2n) is 2.46. The quantitative estimate of drug-likeness (QED) is 0.560. The maximum atomic E-state index is 11.8. The molecule has 0 aromatic carbocycles. The van der Waals surface area contributed by atoms with Gasteiger partial charge in [0.1, 0.15) is 0 Å². The first kappa shape index (κ1) is 8.97.